The number of nitrogens with one attached hydrogen (secondary N) is 1. The van der Waals surface area contributed by atoms with Gasteiger partial charge in [0.05, 0.1) is 7.11 Å². The highest BCUT2D eigenvalue weighted by Crippen LogP contribution is 2.04. The van der Waals surface area contributed by atoms with Gasteiger partial charge in [0.25, 0.3) is 5.19 Å². The van der Waals surface area contributed by atoms with Crippen molar-refractivity contribution in [3.8, 4) is 5.19 Å². The van der Waals surface area contributed by atoms with E-state index in [1.165, 1.54) is 7.11 Å². The Balaban J connectivity index is 3.01. The van der Waals surface area contributed by atoms with E-state index in [9.17, 15) is 4.79 Å². The number of methoxy groups -OCH3 is 1. The predicted molar refractivity (Wildman–Crippen MR) is 29.3 cm³/mol. The monoisotopic (exact) mass is 132 g/mol. The van der Waals surface area contributed by atoms with E-state index in [0.717, 1.165) is 11.5 Å². The Hall–Kier alpha value is -0.840. The molecule has 1 rings (SSSR count). The van der Waals surface area contributed by atoms with E-state index in [1.807, 2.05) is 0 Å². The lowest BCUT2D eigenvalue weighted by Crippen LogP contribution is -1.99. The molecule has 44 valence electrons. The summed E-state index contributed by atoms with van der Waals surface area (Å²) in [6, 6.07) is 0. The smallest absolute Gasteiger partial charge is 0.358 e. The van der Waals surface area contributed by atoms with Crippen molar-refractivity contribution in [1.29, 1.82) is 0 Å². The van der Waals surface area contributed by atoms with Crippen molar-refractivity contribution in [3.63, 3.8) is 0 Å². The maximum absolute atomic E-state index is 10.2. The van der Waals surface area contributed by atoms with Gasteiger partial charge in [-0.15, -0.1) is 4.98 Å². The molecule has 0 spiro atoms. The summed E-state index contributed by atoms with van der Waals surface area (Å²) in [5, 5.41) is 0.370. The van der Waals surface area contributed by atoms with Crippen LogP contribution >= 0.6 is 11.5 Å². The molecule has 1 aromatic heterocycles. The van der Waals surface area contributed by atoms with Crippen LogP contribution in [-0.4, -0.2) is 16.5 Å². The molecular weight excluding hydrogens is 128 g/mol. The second kappa shape index (κ2) is 1.95. The highest BCUT2D eigenvalue weighted by atomic mass is 32.1. The Morgan fingerprint density at radius 2 is 2.62 bits per heavy atom. The molecule has 0 aliphatic carbocycles. The van der Waals surface area contributed by atoms with Crippen LogP contribution in [0.15, 0.2) is 4.79 Å². The molecule has 0 atom stereocenters. The predicted octanol–water partition coefficient (Wildman–Crippen LogP) is -0.160. The number of aromatic amines is 1. The molecule has 4 nitrogen and oxygen atoms in total. The lowest BCUT2D eigenvalue weighted by Gasteiger charge is -1.82. The number of hydrogen-bond acceptors (Lipinski definition) is 4. The van der Waals surface area contributed by atoms with Crippen LogP contribution in [0.2, 0.25) is 0 Å². The molecule has 1 aromatic rings. The minimum atomic E-state index is -0.355. The van der Waals surface area contributed by atoms with Crippen molar-refractivity contribution in [3.05, 3.63) is 10.5 Å². The third-order valence-corrected chi connectivity index (χ3v) is 1.30. The van der Waals surface area contributed by atoms with Crippen LogP contribution in [-0.2, 0) is 0 Å². The molecule has 0 unspecified atom stereocenters. The summed E-state index contributed by atoms with van der Waals surface area (Å²) in [5.74, 6) is 0. The minimum Gasteiger partial charge on any atom is -0.472 e. The summed E-state index contributed by atoms with van der Waals surface area (Å²) < 4.78 is 6.98. The number of aromatic nitrogens is 2. The first kappa shape index (κ1) is 5.30. The van der Waals surface area contributed by atoms with E-state index >= 15 is 0 Å². The Kier molecular flexibility index (Phi) is 1.29. The molecule has 0 saturated carbocycles. The minimum absolute atomic E-state index is 0.355. The molecule has 1 heterocycles. The molecule has 0 bridgehead atoms. The first-order valence-corrected chi connectivity index (χ1v) is 2.74. The van der Waals surface area contributed by atoms with Gasteiger partial charge in [0.1, 0.15) is 0 Å². The summed E-state index contributed by atoms with van der Waals surface area (Å²) >= 11 is 1.08. The summed E-state index contributed by atoms with van der Waals surface area (Å²) in [6.45, 7) is 0. The van der Waals surface area contributed by atoms with E-state index < -0.39 is 0 Å². The number of H-pyrrole nitrogens is 1. The molecule has 0 saturated heterocycles. The van der Waals surface area contributed by atoms with E-state index in [4.69, 9.17) is 0 Å². The number of ether oxygens (including phenoxy) is 1. The highest BCUT2D eigenvalue weighted by molar-refractivity contribution is 7.07. The fraction of sp³-hybridized carbons (Fsp3) is 0.333. The molecule has 0 amide bonds. The first-order valence-electron chi connectivity index (χ1n) is 1.92. The Bertz CT molecular complexity index is 215. The summed E-state index contributed by atoms with van der Waals surface area (Å²) in [6.07, 6.45) is 0. The van der Waals surface area contributed by atoms with E-state index in [1.54, 1.807) is 0 Å². The molecule has 0 aliphatic heterocycles. The molecule has 8 heavy (non-hydrogen) atoms. The fourth-order valence-corrected chi connectivity index (χ4v) is 0.735. The summed E-state index contributed by atoms with van der Waals surface area (Å²) in [7, 11) is 1.46. The SMILES string of the molecule is COc1nc(=O)[nH]s1. The zero-order valence-electron chi connectivity index (χ0n) is 4.17. The Labute approximate surface area is 49.3 Å². The maximum Gasteiger partial charge on any atom is 0.358 e. The zero-order chi connectivity index (χ0) is 5.98. The van der Waals surface area contributed by atoms with Gasteiger partial charge in [-0.2, -0.15) is 0 Å². The van der Waals surface area contributed by atoms with Crippen LogP contribution in [0, 0.1) is 0 Å². The fourth-order valence-electron chi connectivity index (χ4n) is 0.303. The van der Waals surface area contributed by atoms with E-state index in [-0.39, 0.29) is 5.69 Å². The van der Waals surface area contributed by atoms with Gasteiger partial charge < -0.3 is 4.74 Å². The van der Waals surface area contributed by atoms with Crippen LogP contribution in [0.1, 0.15) is 0 Å². The first-order chi connectivity index (χ1) is 3.83. The second-order valence-electron chi connectivity index (χ2n) is 1.09. The Morgan fingerprint density at radius 1 is 1.88 bits per heavy atom. The lowest BCUT2D eigenvalue weighted by molar-refractivity contribution is 0.411. The third-order valence-electron chi connectivity index (χ3n) is 0.593. The van der Waals surface area contributed by atoms with Crippen molar-refractivity contribution in [1.82, 2.24) is 9.36 Å². The molecule has 0 radical (unpaired) electrons. The average molecular weight is 132 g/mol. The van der Waals surface area contributed by atoms with Crippen molar-refractivity contribution in [2.45, 2.75) is 0 Å². The van der Waals surface area contributed by atoms with Crippen molar-refractivity contribution in [2.24, 2.45) is 0 Å². The second-order valence-corrected chi connectivity index (χ2v) is 1.85. The van der Waals surface area contributed by atoms with Gasteiger partial charge in [0, 0.05) is 11.5 Å². The van der Waals surface area contributed by atoms with Gasteiger partial charge >= 0.3 is 5.69 Å². The van der Waals surface area contributed by atoms with Crippen LogP contribution in [0.25, 0.3) is 0 Å². The standard InChI is InChI=1S/C3H4N2O2S/c1-7-3-4-2(6)5-8-3/h1H3,(H,5,6). The van der Waals surface area contributed by atoms with Crippen LogP contribution < -0.4 is 10.4 Å². The molecule has 0 aromatic carbocycles. The van der Waals surface area contributed by atoms with Gasteiger partial charge in [0.2, 0.25) is 0 Å². The maximum atomic E-state index is 10.2. The molecular formula is C3H4N2O2S. The number of nitrogens with zero attached hydrogens (tertiary/aromatic N) is 1. The lowest BCUT2D eigenvalue weighted by atomic mass is 11.2. The summed E-state index contributed by atoms with van der Waals surface area (Å²) in [5.41, 5.74) is -0.355. The van der Waals surface area contributed by atoms with Crippen molar-refractivity contribution >= 4 is 11.5 Å². The van der Waals surface area contributed by atoms with Gasteiger partial charge in [-0.05, 0) is 0 Å². The van der Waals surface area contributed by atoms with Gasteiger partial charge in [-0.25, -0.2) is 4.79 Å². The van der Waals surface area contributed by atoms with Crippen LogP contribution in [0.4, 0.5) is 0 Å². The largest absolute Gasteiger partial charge is 0.472 e. The molecule has 1 N–H and O–H groups in total. The van der Waals surface area contributed by atoms with Crippen LogP contribution in [0.5, 0.6) is 5.19 Å². The topological polar surface area (TPSA) is 55.0 Å². The van der Waals surface area contributed by atoms with Crippen molar-refractivity contribution in [2.75, 3.05) is 7.11 Å². The molecule has 5 heteroatoms. The van der Waals surface area contributed by atoms with Gasteiger partial charge in [-0.3, -0.25) is 4.37 Å². The number of rotatable bonds is 1. The van der Waals surface area contributed by atoms with E-state index in [0.29, 0.717) is 5.19 Å². The highest BCUT2D eigenvalue weighted by Gasteiger charge is 1.93. The number of hydrogen-bond donors (Lipinski definition) is 1. The normalized spacial score (nSPS) is 9.12. The van der Waals surface area contributed by atoms with Crippen LogP contribution in [0.3, 0.4) is 0 Å². The molecule has 0 aliphatic rings. The average Bonchev–Trinajstić information content (AvgIpc) is 2.14. The van der Waals surface area contributed by atoms with Gasteiger partial charge in [0.15, 0.2) is 0 Å². The van der Waals surface area contributed by atoms with Gasteiger partial charge in [-0.1, -0.05) is 0 Å². The Morgan fingerprint density at radius 3 is 2.88 bits per heavy atom. The van der Waals surface area contributed by atoms with E-state index in [2.05, 4.69) is 14.1 Å². The quantitative estimate of drug-likeness (QED) is 0.577. The summed E-state index contributed by atoms with van der Waals surface area (Å²) in [4.78, 5) is 13.6. The van der Waals surface area contributed by atoms with Crippen molar-refractivity contribution < 1.29 is 4.74 Å². The third kappa shape index (κ3) is 0.865. The molecule has 0 fully saturated rings. The zero-order valence-corrected chi connectivity index (χ0v) is 4.99.